The number of nitrogens with zero attached hydrogens (tertiary/aromatic N) is 2. The number of ether oxygens (including phenoxy) is 2. The molecular weight excluding hydrogens is 672 g/mol. The lowest BCUT2D eigenvalue weighted by molar-refractivity contribution is -0.147. The van der Waals surface area contributed by atoms with Crippen molar-refractivity contribution < 1.29 is 33.4 Å². The van der Waals surface area contributed by atoms with Crippen LogP contribution in [0.5, 0.6) is 0 Å². The SMILES string of the molecule is COC(=O)[C@H](Cc1ccccc1)NC(=O)CN(C)C(=O)[C@@H]1CCCN1C(=O)[C@@H](Cc1ccccc1)NC(=O)OCC1c2ccccc2-c2ccccc21. The van der Waals surface area contributed by atoms with Crippen molar-refractivity contribution in [3.05, 3.63) is 131 Å². The van der Waals surface area contributed by atoms with E-state index in [0.29, 0.717) is 19.4 Å². The van der Waals surface area contributed by atoms with Crippen LogP contribution >= 0.6 is 0 Å². The minimum atomic E-state index is -1.01. The monoisotopic (exact) mass is 716 g/mol. The molecule has 0 aromatic heterocycles. The van der Waals surface area contributed by atoms with Gasteiger partial charge in [-0.1, -0.05) is 109 Å². The number of hydrogen-bond donors (Lipinski definition) is 2. The summed E-state index contributed by atoms with van der Waals surface area (Å²) >= 11 is 0. The zero-order valence-electron chi connectivity index (χ0n) is 29.9. The fraction of sp³-hybridized carbons (Fsp3) is 0.310. The summed E-state index contributed by atoms with van der Waals surface area (Å²) in [5.41, 5.74) is 6.04. The highest BCUT2D eigenvalue weighted by Crippen LogP contribution is 2.44. The van der Waals surface area contributed by atoms with Crippen LogP contribution in [0.1, 0.15) is 41.0 Å². The Morgan fingerprint density at radius 3 is 1.89 bits per heavy atom. The first-order valence-corrected chi connectivity index (χ1v) is 17.9. The number of methoxy groups -OCH3 is 1. The topological polar surface area (TPSA) is 134 Å². The van der Waals surface area contributed by atoms with Crippen molar-refractivity contribution in [1.29, 1.82) is 0 Å². The summed E-state index contributed by atoms with van der Waals surface area (Å²) in [6.07, 6.45) is 0.662. The molecule has 3 atom stereocenters. The number of benzene rings is 4. The molecule has 0 spiro atoms. The molecule has 1 aliphatic carbocycles. The van der Waals surface area contributed by atoms with E-state index in [4.69, 9.17) is 9.47 Å². The molecule has 1 heterocycles. The predicted octanol–water partition coefficient (Wildman–Crippen LogP) is 4.49. The lowest BCUT2D eigenvalue weighted by atomic mass is 9.98. The van der Waals surface area contributed by atoms with E-state index < -0.39 is 47.9 Å². The highest BCUT2D eigenvalue weighted by atomic mass is 16.5. The van der Waals surface area contributed by atoms with Gasteiger partial charge in [-0.15, -0.1) is 0 Å². The van der Waals surface area contributed by atoms with Gasteiger partial charge in [0.2, 0.25) is 17.7 Å². The maximum absolute atomic E-state index is 14.2. The molecule has 1 aliphatic heterocycles. The average Bonchev–Trinajstić information content (AvgIpc) is 3.80. The smallest absolute Gasteiger partial charge is 0.407 e. The van der Waals surface area contributed by atoms with Crippen molar-refractivity contribution in [2.75, 3.05) is 33.9 Å². The van der Waals surface area contributed by atoms with Crippen molar-refractivity contribution in [3.63, 3.8) is 0 Å². The Kier molecular flexibility index (Phi) is 11.8. The van der Waals surface area contributed by atoms with E-state index in [1.54, 1.807) is 0 Å². The zero-order chi connectivity index (χ0) is 37.3. The largest absolute Gasteiger partial charge is 0.467 e. The quantitative estimate of drug-likeness (QED) is 0.195. The normalized spacial score (nSPS) is 15.7. The van der Waals surface area contributed by atoms with Gasteiger partial charge in [-0.3, -0.25) is 14.4 Å². The van der Waals surface area contributed by atoms with Crippen LogP contribution in [-0.2, 0) is 41.5 Å². The minimum absolute atomic E-state index is 0.0893. The third kappa shape index (κ3) is 8.74. The lowest BCUT2D eigenvalue weighted by Crippen LogP contribution is -2.55. The van der Waals surface area contributed by atoms with E-state index in [-0.39, 0.29) is 31.9 Å². The summed E-state index contributed by atoms with van der Waals surface area (Å²) in [5, 5.41) is 5.49. The molecule has 1 saturated heterocycles. The average molecular weight is 717 g/mol. The molecule has 0 unspecified atom stereocenters. The van der Waals surface area contributed by atoms with Crippen molar-refractivity contribution in [3.8, 4) is 11.1 Å². The molecule has 274 valence electrons. The minimum Gasteiger partial charge on any atom is -0.467 e. The number of carbonyl (C=O) groups excluding carboxylic acids is 5. The fourth-order valence-electron chi connectivity index (χ4n) is 7.29. The van der Waals surface area contributed by atoms with Gasteiger partial charge in [-0.2, -0.15) is 0 Å². The van der Waals surface area contributed by atoms with Crippen LogP contribution in [0, 0.1) is 0 Å². The van der Waals surface area contributed by atoms with Gasteiger partial charge >= 0.3 is 12.1 Å². The van der Waals surface area contributed by atoms with Crippen molar-refractivity contribution in [1.82, 2.24) is 20.4 Å². The summed E-state index contributed by atoms with van der Waals surface area (Å²) in [5.74, 6) is -2.11. The molecule has 11 nitrogen and oxygen atoms in total. The molecule has 6 rings (SSSR count). The Morgan fingerprint density at radius 2 is 1.30 bits per heavy atom. The van der Waals surface area contributed by atoms with Gasteiger partial charge in [-0.25, -0.2) is 9.59 Å². The number of fused-ring (bicyclic) bond motifs is 3. The molecule has 2 aliphatic rings. The Morgan fingerprint density at radius 1 is 0.755 bits per heavy atom. The lowest BCUT2D eigenvalue weighted by Gasteiger charge is -2.31. The molecule has 4 amide bonds. The Bertz CT molecular complexity index is 1890. The second-order valence-electron chi connectivity index (χ2n) is 13.4. The summed E-state index contributed by atoms with van der Waals surface area (Å²) < 4.78 is 10.7. The van der Waals surface area contributed by atoms with Crippen LogP contribution in [0.25, 0.3) is 11.1 Å². The van der Waals surface area contributed by atoms with Gasteiger partial charge in [0.1, 0.15) is 24.7 Å². The number of alkyl carbamates (subject to hydrolysis) is 1. The molecule has 11 heteroatoms. The van der Waals surface area contributed by atoms with Crippen LogP contribution < -0.4 is 10.6 Å². The first kappa shape index (κ1) is 36.8. The van der Waals surface area contributed by atoms with Crippen LogP contribution in [0.3, 0.4) is 0 Å². The number of likely N-dealkylation sites (N-methyl/N-ethyl adjacent to an activating group) is 1. The maximum atomic E-state index is 14.2. The molecule has 4 aromatic rings. The third-order valence-electron chi connectivity index (χ3n) is 9.90. The highest BCUT2D eigenvalue weighted by molar-refractivity contribution is 5.94. The van der Waals surface area contributed by atoms with E-state index in [0.717, 1.165) is 33.4 Å². The van der Waals surface area contributed by atoms with E-state index in [2.05, 4.69) is 22.8 Å². The maximum Gasteiger partial charge on any atom is 0.407 e. The Hall–Kier alpha value is -5.97. The molecule has 53 heavy (non-hydrogen) atoms. The number of carbonyl (C=O) groups is 5. The third-order valence-corrected chi connectivity index (χ3v) is 9.90. The van der Waals surface area contributed by atoms with E-state index in [1.165, 1.54) is 24.0 Å². The summed E-state index contributed by atoms with van der Waals surface area (Å²) in [6, 6.07) is 31.9. The number of esters is 1. The second-order valence-corrected chi connectivity index (χ2v) is 13.4. The van der Waals surface area contributed by atoms with Crippen LogP contribution in [0.2, 0.25) is 0 Å². The van der Waals surface area contributed by atoms with Crippen molar-refractivity contribution in [2.45, 2.75) is 49.7 Å². The number of nitrogens with one attached hydrogen (secondary N) is 2. The Labute approximate surface area is 309 Å². The van der Waals surface area contributed by atoms with E-state index in [1.807, 2.05) is 97.1 Å². The molecule has 0 bridgehead atoms. The molecule has 1 fully saturated rings. The van der Waals surface area contributed by atoms with Crippen molar-refractivity contribution in [2.24, 2.45) is 0 Å². The van der Waals surface area contributed by atoms with Gasteiger partial charge in [0.25, 0.3) is 0 Å². The number of rotatable bonds is 13. The fourth-order valence-corrected chi connectivity index (χ4v) is 7.29. The number of likely N-dealkylation sites (tertiary alicyclic amines) is 1. The van der Waals surface area contributed by atoms with Crippen LogP contribution in [-0.4, -0.2) is 91.6 Å². The van der Waals surface area contributed by atoms with Gasteiger partial charge in [0, 0.05) is 32.4 Å². The van der Waals surface area contributed by atoms with Gasteiger partial charge in [0.05, 0.1) is 13.7 Å². The van der Waals surface area contributed by atoms with Gasteiger partial charge in [0.15, 0.2) is 0 Å². The summed E-state index contributed by atoms with van der Waals surface area (Å²) in [7, 11) is 2.74. The standard InChI is InChI=1S/C42H44N4O7/c1-45(26-38(47)43-36(41(50)52-2)25-29-16-7-4-8-17-29)40(49)37-22-13-23-46(37)39(48)35(24-28-14-5-3-6-15-28)44-42(51)53-27-34-32-20-11-9-18-30(32)31-19-10-12-21-33(31)34/h3-12,14-21,34-37H,13,22-27H2,1-2H3,(H,43,47)(H,44,51)/t35-,36+,37+/m1/s1. The van der Waals surface area contributed by atoms with E-state index >= 15 is 0 Å². The van der Waals surface area contributed by atoms with Gasteiger partial charge in [-0.05, 0) is 46.2 Å². The first-order chi connectivity index (χ1) is 25.7. The summed E-state index contributed by atoms with van der Waals surface area (Å²) in [4.78, 5) is 69.7. The molecule has 0 saturated carbocycles. The molecule has 0 radical (unpaired) electrons. The van der Waals surface area contributed by atoms with Crippen molar-refractivity contribution >= 4 is 29.8 Å². The second kappa shape index (κ2) is 17.0. The number of hydrogen-bond acceptors (Lipinski definition) is 7. The van der Waals surface area contributed by atoms with Crippen LogP contribution in [0.15, 0.2) is 109 Å². The first-order valence-electron chi connectivity index (χ1n) is 17.9. The zero-order valence-corrected chi connectivity index (χ0v) is 29.9. The molecular formula is C42H44N4O7. The predicted molar refractivity (Wildman–Crippen MR) is 199 cm³/mol. The van der Waals surface area contributed by atoms with E-state index in [9.17, 15) is 24.0 Å². The van der Waals surface area contributed by atoms with Gasteiger partial charge < -0.3 is 29.9 Å². The molecule has 2 N–H and O–H groups in total. The number of amides is 4. The molecule has 4 aromatic carbocycles. The Balaban J connectivity index is 1.11. The van der Waals surface area contributed by atoms with Crippen LogP contribution in [0.4, 0.5) is 4.79 Å². The summed E-state index contributed by atoms with van der Waals surface area (Å²) in [6.45, 7) is 0.0749. The highest BCUT2D eigenvalue weighted by Gasteiger charge is 2.40.